The van der Waals surface area contributed by atoms with Gasteiger partial charge in [-0.2, -0.15) is 0 Å². The molecule has 0 N–H and O–H groups in total. The van der Waals surface area contributed by atoms with Crippen molar-refractivity contribution >= 4 is 29.3 Å². The fourth-order valence-corrected chi connectivity index (χ4v) is 3.42. The SMILES string of the molecule is CSc1ccc(Cl)c(C(=O)N2CCN(Cc3cc(C)no3)CC2)c1. The number of amides is 1. The second-order valence-electron chi connectivity index (χ2n) is 5.85. The van der Waals surface area contributed by atoms with E-state index in [2.05, 4.69) is 10.1 Å². The van der Waals surface area contributed by atoms with Crippen LogP contribution < -0.4 is 0 Å². The van der Waals surface area contributed by atoms with Gasteiger partial charge in [0.25, 0.3) is 5.91 Å². The molecular weight excluding hydrogens is 346 g/mol. The third-order valence-corrected chi connectivity index (χ3v) is 5.17. The molecule has 0 saturated carbocycles. The molecular formula is C17H20ClN3O2S. The minimum absolute atomic E-state index is 0.00561. The Balaban J connectivity index is 1.61. The lowest BCUT2D eigenvalue weighted by molar-refractivity contribution is 0.0617. The van der Waals surface area contributed by atoms with Gasteiger partial charge >= 0.3 is 0 Å². The fourth-order valence-electron chi connectivity index (χ4n) is 2.79. The summed E-state index contributed by atoms with van der Waals surface area (Å²) >= 11 is 7.82. The fraction of sp³-hybridized carbons (Fsp3) is 0.412. The molecule has 1 aromatic carbocycles. The summed E-state index contributed by atoms with van der Waals surface area (Å²) in [4.78, 5) is 17.9. The molecule has 5 nitrogen and oxygen atoms in total. The van der Waals surface area contributed by atoms with Crippen LogP contribution in [-0.2, 0) is 6.54 Å². The Morgan fingerprint density at radius 1 is 1.29 bits per heavy atom. The Morgan fingerprint density at radius 3 is 2.67 bits per heavy atom. The Hall–Kier alpha value is -1.50. The van der Waals surface area contributed by atoms with Crippen LogP contribution in [0.2, 0.25) is 5.02 Å². The molecule has 1 aliphatic rings. The number of carbonyl (C=O) groups is 1. The lowest BCUT2D eigenvalue weighted by Crippen LogP contribution is -2.48. The van der Waals surface area contributed by atoms with E-state index in [-0.39, 0.29) is 5.91 Å². The highest BCUT2D eigenvalue weighted by molar-refractivity contribution is 7.98. The largest absolute Gasteiger partial charge is 0.360 e. The number of aryl methyl sites for hydroxylation is 1. The average Bonchev–Trinajstić information content (AvgIpc) is 3.00. The molecule has 1 fully saturated rings. The third kappa shape index (κ3) is 3.94. The predicted molar refractivity (Wildman–Crippen MR) is 95.7 cm³/mol. The molecule has 0 radical (unpaired) electrons. The van der Waals surface area contributed by atoms with Gasteiger partial charge in [-0.3, -0.25) is 9.69 Å². The van der Waals surface area contributed by atoms with E-state index >= 15 is 0 Å². The van der Waals surface area contributed by atoms with E-state index < -0.39 is 0 Å². The highest BCUT2D eigenvalue weighted by Gasteiger charge is 2.24. The predicted octanol–water partition coefficient (Wildman–Crippen LogP) is 3.32. The maximum Gasteiger partial charge on any atom is 0.255 e. The lowest BCUT2D eigenvalue weighted by atomic mass is 10.1. The van der Waals surface area contributed by atoms with Crippen LogP contribution in [0.25, 0.3) is 0 Å². The zero-order chi connectivity index (χ0) is 17.1. The number of halogens is 1. The van der Waals surface area contributed by atoms with Crippen molar-refractivity contribution in [1.29, 1.82) is 0 Å². The second-order valence-corrected chi connectivity index (χ2v) is 7.14. The van der Waals surface area contributed by atoms with Crippen LogP contribution in [0, 0.1) is 6.92 Å². The maximum atomic E-state index is 12.7. The normalized spacial score (nSPS) is 15.7. The lowest BCUT2D eigenvalue weighted by Gasteiger charge is -2.34. The maximum absolute atomic E-state index is 12.7. The highest BCUT2D eigenvalue weighted by atomic mass is 35.5. The summed E-state index contributed by atoms with van der Waals surface area (Å²) in [5, 5.41) is 4.42. The Labute approximate surface area is 150 Å². The molecule has 1 aliphatic heterocycles. The monoisotopic (exact) mass is 365 g/mol. The van der Waals surface area contributed by atoms with E-state index in [1.165, 1.54) is 0 Å². The molecule has 2 aromatic rings. The van der Waals surface area contributed by atoms with Crippen molar-refractivity contribution in [3.63, 3.8) is 0 Å². The van der Waals surface area contributed by atoms with Crippen LogP contribution in [0.3, 0.4) is 0 Å². The summed E-state index contributed by atoms with van der Waals surface area (Å²) in [6.07, 6.45) is 1.99. The number of nitrogens with zero attached hydrogens (tertiary/aromatic N) is 3. The van der Waals surface area contributed by atoms with Crippen LogP contribution in [0.5, 0.6) is 0 Å². The Bertz CT molecular complexity index is 726. The van der Waals surface area contributed by atoms with Crippen molar-refractivity contribution < 1.29 is 9.32 Å². The van der Waals surface area contributed by atoms with Crippen molar-refractivity contribution in [1.82, 2.24) is 15.0 Å². The van der Waals surface area contributed by atoms with Gasteiger partial charge in [0.2, 0.25) is 0 Å². The topological polar surface area (TPSA) is 49.6 Å². The van der Waals surface area contributed by atoms with Crippen LogP contribution in [0.15, 0.2) is 33.7 Å². The zero-order valence-electron chi connectivity index (χ0n) is 13.8. The van der Waals surface area contributed by atoms with E-state index in [1.54, 1.807) is 17.8 Å². The minimum atomic E-state index is 0.00561. The highest BCUT2D eigenvalue weighted by Crippen LogP contribution is 2.24. The first-order valence-electron chi connectivity index (χ1n) is 7.84. The van der Waals surface area contributed by atoms with Crippen molar-refractivity contribution in [2.45, 2.75) is 18.4 Å². The van der Waals surface area contributed by atoms with Gasteiger partial charge in [-0.25, -0.2) is 0 Å². The van der Waals surface area contributed by atoms with E-state index in [0.717, 1.165) is 36.0 Å². The summed E-state index contributed by atoms with van der Waals surface area (Å²) in [5.74, 6) is 0.869. The molecule has 0 spiro atoms. The van der Waals surface area contributed by atoms with Gasteiger partial charge in [0, 0.05) is 37.1 Å². The second kappa shape index (κ2) is 7.59. The van der Waals surface area contributed by atoms with Gasteiger partial charge in [-0.05, 0) is 31.4 Å². The number of piperazine rings is 1. The number of hydrogen-bond acceptors (Lipinski definition) is 5. The molecule has 7 heteroatoms. The molecule has 1 saturated heterocycles. The summed E-state index contributed by atoms with van der Waals surface area (Å²) in [5.41, 5.74) is 1.48. The van der Waals surface area contributed by atoms with Crippen molar-refractivity contribution in [2.75, 3.05) is 32.4 Å². The minimum Gasteiger partial charge on any atom is -0.360 e. The number of aromatic nitrogens is 1. The smallest absolute Gasteiger partial charge is 0.255 e. The number of carbonyl (C=O) groups excluding carboxylic acids is 1. The number of benzene rings is 1. The molecule has 3 rings (SSSR count). The molecule has 1 amide bonds. The zero-order valence-corrected chi connectivity index (χ0v) is 15.4. The van der Waals surface area contributed by atoms with Gasteiger partial charge in [0.15, 0.2) is 5.76 Å². The molecule has 0 aliphatic carbocycles. The quantitative estimate of drug-likeness (QED) is 0.778. The van der Waals surface area contributed by atoms with Crippen LogP contribution >= 0.6 is 23.4 Å². The van der Waals surface area contributed by atoms with E-state index in [9.17, 15) is 4.79 Å². The average molecular weight is 366 g/mol. The first kappa shape index (κ1) is 17.3. The van der Waals surface area contributed by atoms with Crippen LogP contribution in [-0.4, -0.2) is 53.3 Å². The van der Waals surface area contributed by atoms with Crippen molar-refractivity contribution in [2.24, 2.45) is 0 Å². The third-order valence-electron chi connectivity index (χ3n) is 4.12. The van der Waals surface area contributed by atoms with Gasteiger partial charge in [-0.1, -0.05) is 16.8 Å². The first-order valence-corrected chi connectivity index (χ1v) is 9.44. The van der Waals surface area contributed by atoms with Gasteiger partial charge < -0.3 is 9.42 Å². The summed E-state index contributed by atoms with van der Waals surface area (Å²) in [6, 6.07) is 7.55. The number of hydrogen-bond donors (Lipinski definition) is 0. The van der Waals surface area contributed by atoms with Gasteiger partial charge in [-0.15, -0.1) is 11.8 Å². The molecule has 24 heavy (non-hydrogen) atoms. The van der Waals surface area contributed by atoms with Gasteiger partial charge in [0.1, 0.15) is 0 Å². The van der Waals surface area contributed by atoms with Crippen LogP contribution in [0.4, 0.5) is 0 Å². The molecule has 0 atom stereocenters. The number of thioether (sulfide) groups is 1. The van der Waals surface area contributed by atoms with Crippen molar-refractivity contribution in [3.8, 4) is 0 Å². The molecule has 0 unspecified atom stereocenters. The van der Waals surface area contributed by atoms with E-state index in [0.29, 0.717) is 23.7 Å². The Morgan fingerprint density at radius 2 is 2.04 bits per heavy atom. The molecule has 0 bridgehead atoms. The summed E-state index contributed by atoms with van der Waals surface area (Å²) in [7, 11) is 0. The van der Waals surface area contributed by atoms with E-state index in [1.807, 2.05) is 36.3 Å². The number of rotatable bonds is 4. The van der Waals surface area contributed by atoms with Crippen LogP contribution in [0.1, 0.15) is 21.8 Å². The first-order chi connectivity index (χ1) is 11.6. The molecule has 2 heterocycles. The standard InChI is InChI=1S/C17H20ClN3O2S/c1-12-9-13(23-19-12)11-20-5-7-21(8-6-20)17(22)15-10-14(24-2)3-4-16(15)18/h3-4,9-10H,5-8,11H2,1-2H3. The molecule has 128 valence electrons. The Kier molecular flexibility index (Phi) is 5.48. The molecule has 1 aromatic heterocycles. The van der Waals surface area contributed by atoms with E-state index in [4.69, 9.17) is 16.1 Å². The van der Waals surface area contributed by atoms with Gasteiger partial charge in [0.05, 0.1) is 22.8 Å². The summed E-state index contributed by atoms with van der Waals surface area (Å²) < 4.78 is 5.26. The summed E-state index contributed by atoms with van der Waals surface area (Å²) in [6.45, 7) is 5.63. The van der Waals surface area contributed by atoms with Crippen molar-refractivity contribution in [3.05, 3.63) is 46.3 Å².